The highest BCUT2D eigenvalue weighted by Gasteiger charge is 2.11. The number of rotatable bonds is 5. The third kappa shape index (κ3) is 5.68. The van der Waals surface area contributed by atoms with Crippen molar-refractivity contribution in [3.05, 3.63) is 62.3 Å². The van der Waals surface area contributed by atoms with Gasteiger partial charge in [-0.05, 0) is 18.6 Å². The van der Waals surface area contributed by atoms with E-state index in [4.69, 9.17) is 0 Å². The molecule has 10 heteroatoms. The van der Waals surface area contributed by atoms with Gasteiger partial charge in [0.15, 0.2) is 5.03 Å². The van der Waals surface area contributed by atoms with Crippen molar-refractivity contribution in [1.82, 2.24) is 25.2 Å². The van der Waals surface area contributed by atoms with Gasteiger partial charge in [0.05, 0.1) is 5.75 Å². The summed E-state index contributed by atoms with van der Waals surface area (Å²) in [6.07, 6.45) is 2.92. The summed E-state index contributed by atoms with van der Waals surface area (Å²) < 4.78 is 1.92. The molecule has 1 heterocycles. The van der Waals surface area contributed by atoms with Crippen molar-refractivity contribution in [2.24, 2.45) is 14.1 Å². The highest BCUT2D eigenvalue weighted by Crippen LogP contribution is 2.08. The molecular formula is C17H19N5O4S. The van der Waals surface area contributed by atoms with Gasteiger partial charge >= 0.3 is 5.69 Å². The number of nitrogens with zero attached hydrogens (tertiary/aromatic N) is 3. The summed E-state index contributed by atoms with van der Waals surface area (Å²) >= 11 is 0.870. The molecule has 27 heavy (non-hydrogen) atoms. The SMILES string of the molecule is Cc1cccc(/C=C/C(=O)NNC(=O)CSc2nn(C)c(=O)n(C)c2=O)c1. The zero-order chi connectivity index (χ0) is 20.0. The number of amides is 2. The monoisotopic (exact) mass is 389 g/mol. The Balaban J connectivity index is 1.85. The van der Waals surface area contributed by atoms with Gasteiger partial charge in [-0.2, -0.15) is 5.10 Å². The van der Waals surface area contributed by atoms with E-state index >= 15 is 0 Å². The summed E-state index contributed by atoms with van der Waals surface area (Å²) in [5, 5.41) is 3.84. The molecule has 9 nitrogen and oxygen atoms in total. The number of thioether (sulfide) groups is 1. The minimum atomic E-state index is -0.582. The lowest BCUT2D eigenvalue weighted by Crippen LogP contribution is -2.42. The molecule has 142 valence electrons. The molecule has 0 unspecified atom stereocenters. The first-order chi connectivity index (χ1) is 12.8. The average Bonchev–Trinajstić information content (AvgIpc) is 2.64. The van der Waals surface area contributed by atoms with Crippen LogP contribution in [0.1, 0.15) is 11.1 Å². The van der Waals surface area contributed by atoms with Gasteiger partial charge in [-0.25, -0.2) is 9.48 Å². The summed E-state index contributed by atoms with van der Waals surface area (Å²) in [6.45, 7) is 1.95. The Kier molecular flexibility index (Phi) is 6.72. The van der Waals surface area contributed by atoms with E-state index in [0.717, 1.165) is 32.1 Å². The van der Waals surface area contributed by atoms with E-state index in [1.54, 1.807) is 6.08 Å². The summed E-state index contributed by atoms with van der Waals surface area (Å²) in [5.41, 5.74) is 5.30. The Hall–Kier alpha value is -3.14. The number of hydrogen-bond acceptors (Lipinski definition) is 6. The van der Waals surface area contributed by atoms with E-state index in [-0.39, 0.29) is 10.8 Å². The van der Waals surface area contributed by atoms with Crippen molar-refractivity contribution in [2.45, 2.75) is 11.9 Å². The van der Waals surface area contributed by atoms with Gasteiger partial charge in [0.1, 0.15) is 0 Å². The predicted octanol–water partition coefficient (Wildman–Crippen LogP) is -0.260. The molecule has 2 aromatic rings. The fourth-order valence-corrected chi connectivity index (χ4v) is 2.83. The van der Waals surface area contributed by atoms with Crippen LogP contribution < -0.4 is 22.1 Å². The molecule has 2 amide bonds. The number of benzene rings is 1. The topological polar surface area (TPSA) is 115 Å². The predicted molar refractivity (Wildman–Crippen MR) is 102 cm³/mol. The number of carbonyl (C=O) groups excluding carboxylic acids is 2. The molecule has 0 saturated heterocycles. The molecule has 0 bridgehead atoms. The molecule has 1 aromatic heterocycles. The Morgan fingerprint density at radius 3 is 2.67 bits per heavy atom. The van der Waals surface area contributed by atoms with Crippen LogP contribution in [0, 0.1) is 6.92 Å². The van der Waals surface area contributed by atoms with Gasteiger partial charge in [-0.1, -0.05) is 41.6 Å². The number of hydrogen-bond donors (Lipinski definition) is 2. The van der Waals surface area contributed by atoms with Crippen LogP contribution in [0.5, 0.6) is 0 Å². The summed E-state index contributed by atoms with van der Waals surface area (Å²) in [7, 11) is 2.74. The van der Waals surface area contributed by atoms with E-state index in [0.29, 0.717) is 0 Å². The van der Waals surface area contributed by atoms with Crippen LogP contribution >= 0.6 is 11.8 Å². The molecule has 0 atom stereocenters. The van der Waals surface area contributed by atoms with Crippen LogP contribution in [0.4, 0.5) is 0 Å². The molecule has 0 aliphatic carbocycles. The number of carbonyl (C=O) groups is 2. The number of hydrazine groups is 1. The minimum Gasteiger partial charge on any atom is -0.272 e. The maximum atomic E-state index is 11.9. The van der Waals surface area contributed by atoms with Crippen molar-refractivity contribution < 1.29 is 9.59 Å². The first-order valence-electron chi connectivity index (χ1n) is 7.88. The highest BCUT2D eigenvalue weighted by molar-refractivity contribution is 7.99. The molecule has 0 aliphatic heterocycles. The maximum Gasteiger partial charge on any atom is 0.346 e. The average molecular weight is 389 g/mol. The van der Waals surface area contributed by atoms with Crippen LogP contribution in [-0.4, -0.2) is 31.9 Å². The molecular weight excluding hydrogens is 370 g/mol. The summed E-state index contributed by atoms with van der Waals surface area (Å²) in [4.78, 5) is 47.0. The van der Waals surface area contributed by atoms with Crippen LogP contribution in [-0.2, 0) is 23.7 Å². The Bertz CT molecular complexity index is 1010. The molecule has 0 fully saturated rings. The number of aromatic nitrogens is 3. The fraction of sp³-hybridized carbons (Fsp3) is 0.235. The highest BCUT2D eigenvalue weighted by atomic mass is 32.2. The normalized spacial score (nSPS) is 10.8. The zero-order valence-electron chi connectivity index (χ0n) is 15.1. The van der Waals surface area contributed by atoms with Gasteiger partial charge in [-0.15, -0.1) is 0 Å². The smallest absolute Gasteiger partial charge is 0.272 e. The largest absolute Gasteiger partial charge is 0.346 e. The lowest BCUT2D eigenvalue weighted by molar-refractivity contribution is -0.125. The van der Waals surface area contributed by atoms with E-state index < -0.39 is 23.1 Å². The third-order valence-corrected chi connectivity index (χ3v) is 4.36. The molecule has 0 saturated carbocycles. The van der Waals surface area contributed by atoms with Crippen LogP contribution in [0.2, 0.25) is 0 Å². The van der Waals surface area contributed by atoms with Crippen LogP contribution in [0.25, 0.3) is 6.08 Å². The quantitative estimate of drug-likeness (QED) is 0.414. The lowest BCUT2D eigenvalue weighted by atomic mass is 10.1. The third-order valence-electron chi connectivity index (χ3n) is 3.43. The molecule has 1 aromatic carbocycles. The van der Waals surface area contributed by atoms with Gasteiger partial charge in [0, 0.05) is 20.2 Å². The Morgan fingerprint density at radius 1 is 1.22 bits per heavy atom. The molecule has 2 rings (SSSR count). The van der Waals surface area contributed by atoms with Crippen molar-refractivity contribution >= 4 is 29.7 Å². The molecule has 2 N–H and O–H groups in total. The minimum absolute atomic E-state index is 0.0143. The first kappa shape index (κ1) is 20.2. The Labute approximate surface area is 159 Å². The van der Waals surface area contributed by atoms with Gasteiger partial charge < -0.3 is 0 Å². The second-order valence-corrected chi connectivity index (χ2v) is 6.61. The molecule has 0 spiro atoms. The second kappa shape index (κ2) is 8.99. The standard InChI is InChI=1S/C17H19N5O4S/c1-11-5-4-6-12(9-11)7-8-13(23)18-19-14(24)10-27-15-16(25)21(2)17(26)22(3)20-15/h4-9H,10H2,1-3H3,(H,18,23)(H,19,24)/b8-7+. The van der Waals surface area contributed by atoms with Crippen LogP contribution in [0.15, 0.2) is 45.0 Å². The van der Waals surface area contributed by atoms with E-state index in [1.807, 2.05) is 31.2 Å². The molecule has 0 radical (unpaired) electrons. The van der Waals surface area contributed by atoms with E-state index in [1.165, 1.54) is 20.2 Å². The van der Waals surface area contributed by atoms with Crippen molar-refractivity contribution in [1.29, 1.82) is 0 Å². The maximum absolute atomic E-state index is 11.9. The fourth-order valence-electron chi connectivity index (χ4n) is 2.05. The second-order valence-electron chi connectivity index (χ2n) is 5.65. The summed E-state index contributed by atoms with van der Waals surface area (Å²) in [6, 6.07) is 7.60. The lowest BCUT2D eigenvalue weighted by Gasteiger charge is -2.06. The Morgan fingerprint density at radius 2 is 1.96 bits per heavy atom. The first-order valence-corrected chi connectivity index (χ1v) is 8.87. The van der Waals surface area contributed by atoms with Gasteiger partial charge in [-0.3, -0.25) is 29.8 Å². The van der Waals surface area contributed by atoms with Gasteiger partial charge in [0.25, 0.3) is 11.5 Å². The molecule has 0 aliphatic rings. The van der Waals surface area contributed by atoms with Crippen LogP contribution in [0.3, 0.4) is 0 Å². The summed E-state index contributed by atoms with van der Waals surface area (Å²) in [5.74, 6) is -1.16. The van der Waals surface area contributed by atoms with E-state index in [9.17, 15) is 19.2 Å². The van der Waals surface area contributed by atoms with Crippen molar-refractivity contribution in [3.8, 4) is 0 Å². The zero-order valence-corrected chi connectivity index (χ0v) is 15.9. The van der Waals surface area contributed by atoms with Crippen molar-refractivity contribution in [2.75, 3.05) is 5.75 Å². The van der Waals surface area contributed by atoms with Crippen molar-refractivity contribution in [3.63, 3.8) is 0 Å². The number of aryl methyl sites for hydroxylation is 2. The number of nitrogens with one attached hydrogen (secondary N) is 2. The van der Waals surface area contributed by atoms with Gasteiger partial charge in [0.2, 0.25) is 5.91 Å². The van der Waals surface area contributed by atoms with E-state index in [2.05, 4.69) is 16.0 Å².